The molecule has 0 bridgehead atoms. The maximum Gasteiger partial charge on any atom is 0.153 e. The van der Waals surface area contributed by atoms with Crippen LogP contribution in [0.25, 0.3) is 10.9 Å². The van der Waals surface area contributed by atoms with Crippen molar-refractivity contribution in [3.63, 3.8) is 0 Å². The molecule has 0 aliphatic carbocycles. The Morgan fingerprint density at radius 3 is 2.65 bits per heavy atom. The van der Waals surface area contributed by atoms with Gasteiger partial charge in [-0.2, -0.15) is 0 Å². The number of carbonyl (C=O) groups is 1. The monoisotopic (exact) mass is 269 g/mol. The summed E-state index contributed by atoms with van der Waals surface area (Å²) in [5, 5.41) is 1.92. The molecule has 1 aromatic carbocycles. The third kappa shape index (κ3) is 2.20. The van der Waals surface area contributed by atoms with Gasteiger partial charge in [0.15, 0.2) is 6.29 Å². The van der Waals surface area contributed by atoms with Gasteiger partial charge in [0.05, 0.1) is 11.1 Å². The van der Waals surface area contributed by atoms with Crippen molar-refractivity contribution in [1.29, 1.82) is 0 Å². The molecule has 0 amide bonds. The van der Waals surface area contributed by atoms with Gasteiger partial charge in [0.2, 0.25) is 0 Å². The van der Waals surface area contributed by atoms with Crippen molar-refractivity contribution < 1.29 is 4.79 Å². The van der Waals surface area contributed by atoms with Crippen LogP contribution in [0.3, 0.4) is 0 Å². The lowest BCUT2D eigenvalue weighted by Crippen LogP contribution is -2.04. The summed E-state index contributed by atoms with van der Waals surface area (Å²) in [7, 11) is 0. The van der Waals surface area contributed by atoms with E-state index in [9.17, 15) is 4.79 Å². The lowest BCUT2D eigenvalue weighted by atomic mass is 10.2. The first-order valence-electron chi connectivity index (χ1n) is 5.47. The smallest absolute Gasteiger partial charge is 0.153 e. The number of rotatable bonds is 3. The summed E-state index contributed by atoms with van der Waals surface area (Å²) in [6.45, 7) is 5.00. The highest BCUT2D eigenvalue weighted by molar-refractivity contribution is 6.35. The van der Waals surface area contributed by atoms with Gasteiger partial charge >= 0.3 is 0 Å². The number of carbonyl (C=O) groups excluding carboxylic acids is 1. The van der Waals surface area contributed by atoms with Crippen LogP contribution in [0, 0.1) is 5.92 Å². The molecule has 2 rings (SSSR count). The van der Waals surface area contributed by atoms with E-state index < -0.39 is 0 Å². The van der Waals surface area contributed by atoms with Gasteiger partial charge in [-0.25, -0.2) is 0 Å². The standard InChI is InChI=1S/C13H13Cl2NO/c1-8(2)6-16-12-4-3-9(14)5-10(12)11(7-17)13(16)15/h3-5,7-8H,6H2,1-2H3. The Morgan fingerprint density at radius 2 is 2.06 bits per heavy atom. The van der Waals surface area contributed by atoms with Gasteiger partial charge in [-0.1, -0.05) is 37.0 Å². The zero-order chi connectivity index (χ0) is 12.6. The molecule has 0 saturated carbocycles. The van der Waals surface area contributed by atoms with Gasteiger partial charge in [0, 0.05) is 17.0 Å². The van der Waals surface area contributed by atoms with Crippen molar-refractivity contribution in [3.05, 3.63) is 33.9 Å². The van der Waals surface area contributed by atoms with Crippen molar-refractivity contribution >= 4 is 40.4 Å². The quantitative estimate of drug-likeness (QED) is 0.757. The maximum absolute atomic E-state index is 11.1. The van der Waals surface area contributed by atoms with Gasteiger partial charge in [-0.05, 0) is 24.1 Å². The Balaban J connectivity index is 2.75. The van der Waals surface area contributed by atoms with Crippen LogP contribution in [0.4, 0.5) is 0 Å². The van der Waals surface area contributed by atoms with Gasteiger partial charge in [-0.3, -0.25) is 4.79 Å². The fraction of sp³-hybridized carbons (Fsp3) is 0.308. The summed E-state index contributed by atoms with van der Waals surface area (Å²) in [6, 6.07) is 5.49. The van der Waals surface area contributed by atoms with Crippen LogP contribution in [0.15, 0.2) is 18.2 Å². The summed E-state index contributed by atoms with van der Waals surface area (Å²) in [4.78, 5) is 11.1. The molecule has 0 spiro atoms. The normalized spacial score (nSPS) is 11.4. The minimum atomic E-state index is 0.457. The van der Waals surface area contributed by atoms with E-state index in [1.165, 1.54) is 0 Å². The predicted molar refractivity (Wildman–Crippen MR) is 72.2 cm³/mol. The Hall–Kier alpha value is -0.990. The molecule has 0 saturated heterocycles. The highest BCUT2D eigenvalue weighted by atomic mass is 35.5. The molecule has 0 N–H and O–H groups in total. The highest BCUT2D eigenvalue weighted by Crippen LogP contribution is 2.31. The van der Waals surface area contributed by atoms with Crippen LogP contribution < -0.4 is 0 Å². The first-order valence-corrected chi connectivity index (χ1v) is 6.22. The molecule has 2 nitrogen and oxygen atoms in total. The number of hydrogen-bond acceptors (Lipinski definition) is 1. The second kappa shape index (κ2) is 4.71. The predicted octanol–water partition coefficient (Wildman–Crippen LogP) is 4.42. The number of halogens is 2. The molecule has 4 heteroatoms. The Bertz CT molecular complexity index is 572. The van der Waals surface area contributed by atoms with Crippen LogP contribution in [0.1, 0.15) is 24.2 Å². The number of nitrogens with zero attached hydrogens (tertiary/aromatic N) is 1. The largest absolute Gasteiger partial charge is 0.331 e. The van der Waals surface area contributed by atoms with E-state index in [2.05, 4.69) is 13.8 Å². The molecule has 90 valence electrons. The van der Waals surface area contributed by atoms with E-state index in [1.54, 1.807) is 6.07 Å². The molecule has 0 unspecified atom stereocenters. The topological polar surface area (TPSA) is 22.0 Å². The number of aromatic nitrogens is 1. The first kappa shape index (κ1) is 12.5. The Labute approximate surface area is 110 Å². The zero-order valence-corrected chi connectivity index (χ0v) is 11.2. The molecular weight excluding hydrogens is 257 g/mol. The van der Waals surface area contributed by atoms with Gasteiger partial charge in [0.25, 0.3) is 0 Å². The summed E-state index contributed by atoms with van der Waals surface area (Å²) < 4.78 is 1.96. The zero-order valence-electron chi connectivity index (χ0n) is 9.71. The second-order valence-corrected chi connectivity index (χ2v) is 5.28. The number of aldehydes is 1. The van der Waals surface area contributed by atoms with Crippen LogP contribution >= 0.6 is 23.2 Å². The van der Waals surface area contributed by atoms with Crippen molar-refractivity contribution in [2.45, 2.75) is 20.4 Å². The maximum atomic E-state index is 11.1. The van der Waals surface area contributed by atoms with E-state index in [1.807, 2.05) is 16.7 Å². The average Bonchev–Trinajstić information content (AvgIpc) is 2.50. The van der Waals surface area contributed by atoms with Crippen LogP contribution in [-0.2, 0) is 6.54 Å². The summed E-state index contributed by atoms with van der Waals surface area (Å²) in [5.74, 6) is 0.457. The highest BCUT2D eigenvalue weighted by Gasteiger charge is 2.15. The molecule has 0 fully saturated rings. The lowest BCUT2D eigenvalue weighted by molar-refractivity contribution is 0.112. The summed E-state index contributed by atoms with van der Waals surface area (Å²) >= 11 is 12.2. The minimum absolute atomic E-state index is 0.457. The third-order valence-electron chi connectivity index (χ3n) is 2.66. The van der Waals surface area contributed by atoms with E-state index in [4.69, 9.17) is 23.2 Å². The molecule has 0 radical (unpaired) electrons. The molecule has 0 atom stereocenters. The van der Waals surface area contributed by atoms with Crippen molar-refractivity contribution in [2.75, 3.05) is 0 Å². The lowest BCUT2D eigenvalue weighted by Gasteiger charge is -2.09. The number of benzene rings is 1. The van der Waals surface area contributed by atoms with Crippen molar-refractivity contribution in [3.8, 4) is 0 Å². The second-order valence-electron chi connectivity index (χ2n) is 4.49. The molecular formula is C13H13Cl2NO. The summed E-state index contributed by atoms with van der Waals surface area (Å²) in [6.07, 6.45) is 0.790. The number of hydrogen-bond donors (Lipinski definition) is 0. The van der Waals surface area contributed by atoms with Gasteiger partial charge in [-0.15, -0.1) is 0 Å². The fourth-order valence-corrected chi connectivity index (χ4v) is 2.46. The Kier molecular flexibility index (Phi) is 3.45. The van der Waals surface area contributed by atoms with Gasteiger partial charge < -0.3 is 4.57 Å². The molecule has 1 heterocycles. The third-order valence-corrected chi connectivity index (χ3v) is 3.31. The first-order chi connectivity index (χ1) is 8.04. The van der Waals surface area contributed by atoms with Crippen LogP contribution in [-0.4, -0.2) is 10.9 Å². The molecule has 1 aromatic heterocycles. The van der Waals surface area contributed by atoms with Crippen LogP contribution in [0.2, 0.25) is 10.2 Å². The van der Waals surface area contributed by atoms with E-state index in [-0.39, 0.29) is 0 Å². The van der Waals surface area contributed by atoms with Gasteiger partial charge in [0.1, 0.15) is 5.15 Å². The number of fused-ring (bicyclic) bond motifs is 1. The molecule has 2 aromatic rings. The van der Waals surface area contributed by atoms with Crippen molar-refractivity contribution in [1.82, 2.24) is 4.57 Å². The van der Waals surface area contributed by atoms with E-state index in [0.29, 0.717) is 21.7 Å². The molecule has 0 aliphatic heterocycles. The SMILES string of the molecule is CC(C)Cn1c(Cl)c(C=O)c2cc(Cl)ccc21. The molecule has 17 heavy (non-hydrogen) atoms. The van der Waals surface area contributed by atoms with E-state index in [0.717, 1.165) is 23.7 Å². The average molecular weight is 270 g/mol. The minimum Gasteiger partial charge on any atom is -0.331 e. The molecule has 0 aliphatic rings. The van der Waals surface area contributed by atoms with E-state index >= 15 is 0 Å². The Morgan fingerprint density at radius 1 is 1.35 bits per heavy atom. The van der Waals surface area contributed by atoms with Crippen molar-refractivity contribution in [2.24, 2.45) is 5.92 Å². The fourth-order valence-electron chi connectivity index (χ4n) is 1.98. The van der Waals surface area contributed by atoms with Crippen LogP contribution in [0.5, 0.6) is 0 Å². The summed E-state index contributed by atoms with van der Waals surface area (Å²) in [5.41, 5.74) is 1.47.